The second-order valence-corrected chi connectivity index (χ2v) is 7.63. The second-order valence-electron chi connectivity index (χ2n) is 7.36. The van der Waals surface area contributed by atoms with Crippen molar-refractivity contribution < 1.29 is 4.39 Å². The van der Waals surface area contributed by atoms with Crippen molar-refractivity contribution in [2.45, 2.75) is 47.0 Å². The Hall–Kier alpha value is -1.09. The Morgan fingerprint density at radius 2 is 1.86 bits per heavy atom. The highest BCUT2D eigenvalue weighted by Gasteiger charge is 2.64. The lowest BCUT2D eigenvalue weighted by Gasteiger charge is -2.10. The molecule has 0 N–H and O–H groups in total. The molecule has 4 heteroatoms. The fraction of sp³-hybridized carbons (Fsp3) is 0.588. The summed E-state index contributed by atoms with van der Waals surface area (Å²) in [6.45, 7) is 11.9. The van der Waals surface area contributed by atoms with Crippen molar-refractivity contribution in [3.63, 3.8) is 0 Å². The van der Waals surface area contributed by atoms with E-state index in [4.69, 9.17) is 11.6 Å². The van der Waals surface area contributed by atoms with Gasteiger partial charge in [-0.1, -0.05) is 27.7 Å². The number of halogens is 2. The van der Waals surface area contributed by atoms with Gasteiger partial charge in [-0.05, 0) is 35.3 Å². The predicted octanol–water partition coefficient (Wildman–Crippen LogP) is 4.90. The monoisotopic (exact) mass is 308 g/mol. The van der Waals surface area contributed by atoms with Gasteiger partial charge in [0.25, 0.3) is 0 Å². The summed E-state index contributed by atoms with van der Waals surface area (Å²) in [5, 5.41) is 0. The van der Waals surface area contributed by atoms with E-state index in [9.17, 15) is 4.39 Å². The number of benzene rings is 1. The standard InChI is InChI=1S/C17H22ClFN2/c1-10-6-13-12(7-11(10)19)20-15(8-18)21(13)9-14-16(2,3)17(14,4)5/h6-7,14H,8-9H2,1-5H3. The van der Waals surface area contributed by atoms with Crippen LogP contribution in [0, 0.1) is 29.5 Å². The van der Waals surface area contributed by atoms with Gasteiger partial charge in [0.15, 0.2) is 0 Å². The van der Waals surface area contributed by atoms with Crippen molar-refractivity contribution >= 4 is 22.6 Å². The summed E-state index contributed by atoms with van der Waals surface area (Å²) in [7, 11) is 0. The number of imidazole rings is 1. The number of hydrogen-bond donors (Lipinski definition) is 0. The minimum atomic E-state index is -0.208. The molecule has 0 amide bonds. The molecule has 3 rings (SSSR count). The molecule has 1 aromatic heterocycles. The van der Waals surface area contributed by atoms with E-state index in [-0.39, 0.29) is 5.82 Å². The molecule has 1 heterocycles. The maximum Gasteiger partial charge on any atom is 0.128 e. The molecule has 114 valence electrons. The molecule has 1 aliphatic rings. The van der Waals surface area contributed by atoms with Crippen LogP contribution in [0.15, 0.2) is 12.1 Å². The summed E-state index contributed by atoms with van der Waals surface area (Å²) in [6.07, 6.45) is 0. The number of hydrogen-bond acceptors (Lipinski definition) is 1. The van der Waals surface area contributed by atoms with Gasteiger partial charge < -0.3 is 4.57 Å². The lowest BCUT2D eigenvalue weighted by Crippen LogP contribution is -2.07. The first kappa shape index (κ1) is 14.8. The first-order chi connectivity index (χ1) is 9.70. The van der Waals surface area contributed by atoms with E-state index in [2.05, 4.69) is 37.2 Å². The number of alkyl halides is 1. The van der Waals surface area contributed by atoms with Crippen LogP contribution in [-0.2, 0) is 12.4 Å². The zero-order valence-corrected chi connectivity index (χ0v) is 14.1. The van der Waals surface area contributed by atoms with Crippen LogP contribution in [-0.4, -0.2) is 9.55 Å². The second kappa shape index (κ2) is 4.45. The summed E-state index contributed by atoms with van der Waals surface area (Å²) in [5.41, 5.74) is 2.96. The van der Waals surface area contributed by atoms with Gasteiger partial charge in [-0.3, -0.25) is 0 Å². The highest BCUT2D eigenvalue weighted by atomic mass is 35.5. The molecule has 2 nitrogen and oxygen atoms in total. The maximum atomic E-state index is 13.7. The molecular weight excluding hydrogens is 287 g/mol. The molecule has 0 spiro atoms. The van der Waals surface area contributed by atoms with Crippen molar-refractivity contribution in [3.05, 3.63) is 29.3 Å². The van der Waals surface area contributed by atoms with Crippen LogP contribution in [0.5, 0.6) is 0 Å². The van der Waals surface area contributed by atoms with Crippen LogP contribution in [0.4, 0.5) is 4.39 Å². The average Bonchev–Trinajstić information content (AvgIpc) is 2.69. The Bertz CT molecular complexity index is 701. The van der Waals surface area contributed by atoms with Crippen LogP contribution in [0.3, 0.4) is 0 Å². The van der Waals surface area contributed by atoms with Gasteiger partial charge in [0, 0.05) is 12.6 Å². The molecule has 0 bridgehead atoms. The molecule has 0 radical (unpaired) electrons. The quantitative estimate of drug-likeness (QED) is 0.737. The third-order valence-corrected chi connectivity index (χ3v) is 6.15. The summed E-state index contributed by atoms with van der Waals surface area (Å²) in [4.78, 5) is 4.50. The van der Waals surface area contributed by atoms with Crippen molar-refractivity contribution in [2.75, 3.05) is 0 Å². The minimum absolute atomic E-state index is 0.208. The molecular formula is C17H22ClFN2. The largest absolute Gasteiger partial charge is 0.327 e. The van der Waals surface area contributed by atoms with E-state index >= 15 is 0 Å². The Morgan fingerprint density at radius 1 is 1.24 bits per heavy atom. The third-order valence-electron chi connectivity index (χ3n) is 5.91. The topological polar surface area (TPSA) is 17.8 Å². The van der Waals surface area contributed by atoms with Gasteiger partial charge in [0.05, 0.1) is 16.9 Å². The number of aromatic nitrogens is 2. The SMILES string of the molecule is Cc1cc2c(cc1F)nc(CCl)n2CC1C(C)(C)C1(C)C. The van der Waals surface area contributed by atoms with Crippen LogP contribution >= 0.6 is 11.6 Å². The zero-order chi connectivity index (χ0) is 15.6. The molecule has 0 saturated heterocycles. The molecule has 1 fully saturated rings. The van der Waals surface area contributed by atoms with Gasteiger partial charge in [0.2, 0.25) is 0 Å². The summed E-state index contributed by atoms with van der Waals surface area (Å²) in [5.74, 6) is 1.55. The van der Waals surface area contributed by atoms with E-state index in [1.54, 1.807) is 6.92 Å². The molecule has 1 saturated carbocycles. The van der Waals surface area contributed by atoms with Gasteiger partial charge in [0.1, 0.15) is 11.6 Å². The third kappa shape index (κ3) is 2.01. The number of fused-ring (bicyclic) bond motifs is 1. The van der Waals surface area contributed by atoms with Crippen molar-refractivity contribution in [1.29, 1.82) is 0 Å². The van der Waals surface area contributed by atoms with E-state index < -0.39 is 0 Å². The molecule has 2 aromatic rings. The smallest absolute Gasteiger partial charge is 0.128 e. The zero-order valence-electron chi connectivity index (χ0n) is 13.3. The molecule has 1 aliphatic carbocycles. The summed E-state index contributed by atoms with van der Waals surface area (Å²) >= 11 is 6.05. The number of nitrogens with zero attached hydrogens (tertiary/aromatic N) is 2. The van der Waals surface area contributed by atoms with Crippen molar-refractivity contribution in [2.24, 2.45) is 16.7 Å². The van der Waals surface area contributed by atoms with Crippen molar-refractivity contribution in [1.82, 2.24) is 9.55 Å². The van der Waals surface area contributed by atoms with Gasteiger partial charge >= 0.3 is 0 Å². The molecule has 0 unspecified atom stereocenters. The van der Waals surface area contributed by atoms with Crippen LogP contribution < -0.4 is 0 Å². The Balaban J connectivity index is 2.08. The lowest BCUT2D eigenvalue weighted by atomic mass is 10.0. The number of aryl methyl sites for hydroxylation is 1. The van der Waals surface area contributed by atoms with Crippen molar-refractivity contribution in [3.8, 4) is 0 Å². The molecule has 1 aromatic carbocycles. The van der Waals surface area contributed by atoms with E-state index in [0.29, 0.717) is 33.7 Å². The molecule has 0 atom stereocenters. The highest BCUT2D eigenvalue weighted by molar-refractivity contribution is 6.16. The fourth-order valence-corrected chi connectivity index (χ4v) is 3.78. The maximum absolute atomic E-state index is 13.7. The van der Waals surface area contributed by atoms with E-state index in [1.165, 1.54) is 6.07 Å². The normalized spacial score (nSPS) is 20.1. The lowest BCUT2D eigenvalue weighted by molar-refractivity contribution is 0.457. The van der Waals surface area contributed by atoms with Crippen LogP contribution in [0.2, 0.25) is 0 Å². The molecule has 21 heavy (non-hydrogen) atoms. The van der Waals surface area contributed by atoms with E-state index in [1.807, 2.05) is 6.07 Å². The first-order valence-electron chi connectivity index (χ1n) is 7.41. The summed E-state index contributed by atoms with van der Waals surface area (Å²) in [6, 6.07) is 3.40. The first-order valence-corrected chi connectivity index (χ1v) is 7.95. The fourth-order valence-electron chi connectivity index (χ4n) is 3.58. The summed E-state index contributed by atoms with van der Waals surface area (Å²) < 4.78 is 15.9. The Morgan fingerprint density at radius 3 is 2.38 bits per heavy atom. The van der Waals surface area contributed by atoms with Gasteiger partial charge in [-0.2, -0.15) is 0 Å². The Kier molecular flexibility index (Phi) is 3.14. The van der Waals surface area contributed by atoms with Crippen LogP contribution in [0.1, 0.15) is 39.1 Å². The van der Waals surface area contributed by atoms with Crippen LogP contribution in [0.25, 0.3) is 11.0 Å². The van der Waals surface area contributed by atoms with Gasteiger partial charge in [-0.15, -0.1) is 11.6 Å². The minimum Gasteiger partial charge on any atom is -0.327 e. The predicted molar refractivity (Wildman–Crippen MR) is 85.0 cm³/mol. The number of rotatable bonds is 3. The molecule has 0 aliphatic heterocycles. The van der Waals surface area contributed by atoms with Gasteiger partial charge in [-0.25, -0.2) is 9.37 Å². The van der Waals surface area contributed by atoms with E-state index in [0.717, 1.165) is 17.9 Å². The highest BCUT2D eigenvalue weighted by Crippen LogP contribution is 2.69. The Labute approximate surface area is 130 Å². The average molecular weight is 309 g/mol.